The summed E-state index contributed by atoms with van der Waals surface area (Å²) in [6.45, 7) is 6.83. The van der Waals surface area contributed by atoms with E-state index in [1.165, 1.54) is 24.1 Å². The van der Waals surface area contributed by atoms with Gasteiger partial charge in [-0.2, -0.15) is 0 Å². The van der Waals surface area contributed by atoms with Crippen molar-refractivity contribution in [2.75, 3.05) is 57.6 Å². The average Bonchev–Trinajstić information content (AvgIpc) is 2.87. The molecule has 1 fully saturated rings. The highest BCUT2D eigenvalue weighted by molar-refractivity contribution is 6.03. The molecule has 1 amide bonds. The van der Waals surface area contributed by atoms with Crippen LogP contribution in [0.4, 0.5) is 11.9 Å². The Morgan fingerprint density at radius 1 is 1.23 bits per heavy atom. The number of nitrogen functional groups attached to an aromatic ring is 1. The fraction of sp³-hybridized carbons (Fsp3) is 0.435. The van der Waals surface area contributed by atoms with Gasteiger partial charge in [0.2, 0.25) is 11.9 Å². The highest BCUT2D eigenvalue weighted by Gasteiger charge is 2.19. The van der Waals surface area contributed by atoms with E-state index >= 15 is 0 Å². The van der Waals surface area contributed by atoms with Crippen molar-refractivity contribution in [3.8, 4) is 11.5 Å². The molecule has 1 saturated heterocycles. The van der Waals surface area contributed by atoms with Gasteiger partial charge in [0.05, 0.1) is 37.9 Å². The molecule has 3 N–H and O–H groups in total. The molecule has 4 rings (SSSR count). The van der Waals surface area contributed by atoms with Gasteiger partial charge in [0.1, 0.15) is 5.52 Å². The quantitative estimate of drug-likeness (QED) is 0.425. The Hall–Kier alpha value is -3.77. The molecule has 0 spiro atoms. The second-order valence-corrected chi connectivity index (χ2v) is 7.92. The summed E-state index contributed by atoms with van der Waals surface area (Å²) in [6, 6.07) is 3.37. The molecule has 12 heteroatoms. The molecule has 35 heavy (non-hydrogen) atoms. The van der Waals surface area contributed by atoms with Crippen LogP contribution in [-0.4, -0.2) is 76.9 Å². The molecule has 1 aliphatic rings. The van der Waals surface area contributed by atoms with Crippen molar-refractivity contribution < 1.29 is 19.0 Å². The van der Waals surface area contributed by atoms with E-state index in [4.69, 9.17) is 19.9 Å². The second-order valence-electron chi connectivity index (χ2n) is 7.92. The van der Waals surface area contributed by atoms with Crippen LogP contribution in [0.3, 0.4) is 0 Å². The molecule has 0 saturated carbocycles. The summed E-state index contributed by atoms with van der Waals surface area (Å²) in [5, 5.41) is 3.03. The Labute approximate surface area is 202 Å². The van der Waals surface area contributed by atoms with Crippen molar-refractivity contribution in [3.63, 3.8) is 0 Å². The number of nitrogens with zero attached hydrogens (tertiary/aromatic N) is 5. The molecular formula is C23H29N7O5. The van der Waals surface area contributed by atoms with Crippen LogP contribution in [-0.2, 0) is 11.3 Å². The predicted molar refractivity (Wildman–Crippen MR) is 130 cm³/mol. The zero-order valence-corrected chi connectivity index (χ0v) is 19.8. The lowest BCUT2D eigenvalue weighted by atomic mass is 10.2. The van der Waals surface area contributed by atoms with Crippen LogP contribution >= 0.6 is 0 Å². The van der Waals surface area contributed by atoms with Crippen molar-refractivity contribution in [1.82, 2.24) is 24.4 Å². The molecular weight excluding hydrogens is 454 g/mol. The first kappa shape index (κ1) is 24.4. The SMILES string of the molecule is CCn1c(NC(=O)c2cnc(N)nc2)nc2c(OC)c(OCCCN3CCOCC3)ccc2c1=O. The number of aromatic nitrogens is 4. The summed E-state index contributed by atoms with van der Waals surface area (Å²) in [7, 11) is 1.49. The number of anilines is 2. The lowest BCUT2D eigenvalue weighted by molar-refractivity contribution is 0.0357. The number of methoxy groups -OCH3 is 1. The fourth-order valence-electron chi connectivity index (χ4n) is 3.87. The maximum atomic E-state index is 13.2. The van der Waals surface area contributed by atoms with Gasteiger partial charge in [-0.3, -0.25) is 24.4 Å². The summed E-state index contributed by atoms with van der Waals surface area (Å²) < 4.78 is 18.3. The summed E-state index contributed by atoms with van der Waals surface area (Å²) in [4.78, 5) is 40.4. The largest absolute Gasteiger partial charge is 0.491 e. The van der Waals surface area contributed by atoms with Crippen molar-refractivity contribution in [2.24, 2.45) is 0 Å². The molecule has 186 valence electrons. The average molecular weight is 484 g/mol. The van der Waals surface area contributed by atoms with Gasteiger partial charge in [-0.25, -0.2) is 15.0 Å². The number of nitrogens with one attached hydrogen (secondary N) is 1. The summed E-state index contributed by atoms with van der Waals surface area (Å²) in [6.07, 6.45) is 3.43. The number of morpholine rings is 1. The van der Waals surface area contributed by atoms with E-state index in [9.17, 15) is 9.59 Å². The molecule has 0 unspecified atom stereocenters. The zero-order chi connectivity index (χ0) is 24.8. The Bertz CT molecular complexity index is 1240. The van der Waals surface area contributed by atoms with E-state index in [2.05, 4.69) is 25.2 Å². The lowest BCUT2D eigenvalue weighted by Gasteiger charge is -2.26. The number of rotatable bonds is 9. The van der Waals surface area contributed by atoms with Gasteiger partial charge in [0.25, 0.3) is 11.5 Å². The number of carbonyl (C=O) groups excluding carboxylic acids is 1. The van der Waals surface area contributed by atoms with E-state index in [1.807, 2.05) is 0 Å². The topological polar surface area (TPSA) is 147 Å². The van der Waals surface area contributed by atoms with Gasteiger partial charge in [-0.1, -0.05) is 0 Å². The maximum Gasteiger partial charge on any atom is 0.262 e. The van der Waals surface area contributed by atoms with Gasteiger partial charge in [-0.05, 0) is 25.5 Å². The van der Waals surface area contributed by atoms with Crippen LogP contribution in [0.5, 0.6) is 11.5 Å². The predicted octanol–water partition coefficient (Wildman–Crippen LogP) is 1.15. The smallest absolute Gasteiger partial charge is 0.262 e. The molecule has 2 aromatic heterocycles. The fourth-order valence-corrected chi connectivity index (χ4v) is 3.87. The third-order valence-corrected chi connectivity index (χ3v) is 5.70. The van der Waals surface area contributed by atoms with Gasteiger partial charge < -0.3 is 19.9 Å². The molecule has 3 aromatic rings. The highest BCUT2D eigenvalue weighted by atomic mass is 16.5. The first-order chi connectivity index (χ1) is 17.0. The Kier molecular flexibility index (Phi) is 7.73. The second kappa shape index (κ2) is 11.1. The van der Waals surface area contributed by atoms with Crippen molar-refractivity contribution >= 4 is 28.7 Å². The minimum atomic E-state index is -0.520. The molecule has 0 aliphatic carbocycles. The molecule has 12 nitrogen and oxygen atoms in total. The monoisotopic (exact) mass is 483 g/mol. The van der Waals surface area contributed by atoms with Crippen LogP contribution in [0.2, 0.25) is 0 Å². The zero-order valence-electron chi connectivity index (χ0n) is 19.8. The van der Waals surface area contributed by atoms with Crippen LogP contribution in [0.25, 0.3) is 10.9 Å². The van der Waals surface area contributed by atoms with Crippen molar-refractivity contribution in [2.45, 2.75) is 19.9 Å². The number of hydrogen-bond acceptors (Lipinski definition) is 10. The van der Waals surface area contributed by atoms with E-state index in [0.29, 0.717) is 35.6 Å². The number of ether oxygens (including phenoxy) is 3. The lowest BCUT2D eigenvalue weighted by Crippen LogP contribution is -2.37. The van der Waals surface area contributed by atoms with E-state index in [0.717, 1.165) is 39.3 Å². The van der Waals surface area contributed by atoms with Gasteiger partial charge >= 0.3 is 0 Å². The number of carbonyl (C=O) groups is 1. The number of nitrogens with two attached hydrogens (primary N) is 1. The first-order valence-electron chi connectivity index (χ1n) is 11.4. The molecule has 0 radical (unpaired) electrons. The van der Waals surface area contributed by atoms with E-state index < -0.39 is 5.91 Å². The standard InChI is InChI=1S/C23H29N7O5/c1-3-30-21(32)16-5-6-17(35-10-4-7-29-8-11-34-12-9-29)19(33-2)18(16)27-23(30)28-20(31)15-13-25-22(24)26-14-15/h5-6,13-14H,3-4,7-12H2,1-2H3,(H2,24,25,26)(H,27,28,31). The molecule has 3 heterocycles. The van der Waals surface area contributed by atoms with Crippen molar-refractivity contribution in [3.05, 3.63) is 40.4 Å². The Morgan fingerprint density at radius 2 is 1.97 bits per heavy atom. The Balaban J connectivity index is 1.58. The summed E-state index contributed by atoms with van der Waals surface area (Å²) in [5.41, 5.74) is 5.67. The maximum absolute atomic E-state index is 13.2. The molecule has 0 bridgehead atoms. The minimum absolute atomic E-state index is 0.0538. The van der Waals surface area contributed by atoms with Gasteiger partial charge in [0.15, 0.2) is 11.5 Å². The minimum Gasteiger partial charge on any atom is -0.491 e. The summed E-state index contributed by atoms with van der Waals surface area (Å²) in [5.74, 6) is 0.425. The van der Waals surface area contributed by atoms with Crippen LogP contribution in [0, 0.1) is 0 Å². The van der Waals surface area contributed by atoms with Crippen LogP contribution < -0.4 is 26.1 Å². The number of amides is 1. The highest BCUT2D eigenvalue weighted by Crippen LogP contribution is 2.34. The number of hydrogen-bond donors (Lipinski definition) is 2. The number of benzene rings is 1. The normalized spacial score (nSPS) is 14.1. The third-order valence-electron chi connectivity index (χ3n) is 5.70. The van der Waals surface area contributed by atoms with Gasteiger partial charge in [0, 0.05) is 38.6 Å². The van der Waals surface area contributed by atoms with E-state index in [-0.39, 0.29) is 23.0 Å². The summed E-state index contributed by atoms with van der Waals surface area (Å²) >= 11 is 0. The first-order valence-corrected chi connectivity index (χ1v) is 11.4. The van der Waals surface area contributed by atoms with Crippen LogP contribution in [0.15, 0.2) is 29.3 Å². The molecule has 1 aromatic carbocycles. The molecule has 1 aliphatic heterocycles. The van der Waals surface area contributed by atoms with Crippen LogP contribution in [0.1, 0.15) is 23.7 Å². The number of fused-ring (bicyclic) bond motifs is 1. The van der Waals surface area contributed by atoms with E-state index in [1.54, 1.807) is 19.1 Å². The third kappa shape index (κ3) is 5.49. The van der Waals surface area contributed by atoms with Gasteiger partial charge in [-0.15, -0.1) is 0 Å². The molecule has 0 atom stereocenters. The van der Waals surface area contributed by atoms with Crippen molar-refractivity contribution in [1.29, 1.82) is 0 Å². The Morgan fingerprint density at radius 3 is 2.66 bits per heavy atom.